The topological polar surface area (TPSA) is 220 Å². The van der Waals surface area contributed by atoms with Crippen LogP contribution in [0.3, 0.4) is 0 Å². The lowest BCUT2D eigenvalue weighted by molar-refractivity contribution is -0.126. The van der Waals surface area contributed by atoms with Crippen molar-refractivity contribution in [2.24, 2.45) is 10.8 Å². The van der Waals surface area contributed by atoms with Gasteiger partial charge in [-0.2, -0.15) is 9.97 Å². The Morgan fingerprint density at radius 2 is 1.09 bits per heavy atom. The second kappa shape index (κ2) is 22.8. The maximum absolute atomic E-state index is 13.3. The van der Waals surface area contributed by atoms with Crippen molar-refractivity contribution < 1.29 is 38.5 Å². The molecule has 10 rings (SSSR count). The summed E-state index contributed by atoms with van der Waals surface area (Å²) in [6.45, 7) is 12.8. The molecule has 0 atom stereocenters. The van der Waals surface area contributed by atoms with Gasteiger partial charge in [0, 0.05) is 70.0 Å². The maximum Gasteiger partial charge on any atom is 0.335 e. The van der Waals surface area contributed by atoms with Crippen LogP contribution in [0.15, 0.2) is 48.8 Å². The molecule has 1 saturated heterocycles. The van der Waals surface area contributed by atoms with E-state index < -0.39 is 16.8 Å². The lowest BCUT2D eigenvalue weighted by Gasteiger charge is -2.38. The predicted octanol–water partition coefficient (Wildman–Crippen LogP) is 8.03. The highest BCUT2D eigenvalue weighted by Crippen LogP contribution is 2.43. The number of nitrogens with zero attached hydrogens (tertiary/aromatic N) is 9. The molecule has 408 valence electrons. The van der Waals surface area contributed by atoms with Gasteiger partial charge < -0.3 is 54.9 Å². The summed E-state index contributed by atoms with van der Waals surface area (Å²) in [5.41, 5.74) is 2.21. The molecule has 76 heavy (non-hydrogen) atoms. The lowest BCUT2D eigenvalue weighted by atomic mass is 9.89. The smallest absolute Gasteiger partial charge is 0.335 e. The minimum absolute atomic E-state index is 0.0366. The van der Waals surface area contributed by atoms with E-state index in [0.29, 0.717) is 77.2 Å². The molecule has 2 aromatic carbocycles. The molecule has 6 aliphatic rings. The Labute approximate surface area is 446 Å². The van der Waals surface area contributed by atoms with E-state index in [2.05, 4.69) is 40.6 Å². The van der Waals surface area contributed by atoms with E-state index in [1.165, 1.54) is 44.9 Å². The molecular formula is C56H76N12O8. The van der Waals surface area contributed by atoms with Gasteiger partial charge in [0.05, 0.1) is 67.6 Å². The second-order valence-electron chi connectivity index (χ2n) is 22.4. The van der Waals surface area contributed by atoms with E-state index in [-0.39, 0.29) is 29.3 Å². The van der Waals surface area contributed by atoms with Gasteiger partial charge in [0.25, 0.3) is 5.91 Å². The van der Waals surface area contributed by atoms with Gasteiger partial charge >= 0.3 is 5.97 Å². The maximum atomic E-state index is 13.3. The fourth-order valence-corrected chi connectivity index (χ4v) is 11.9. The number of ether oxygens (including phenoxy) is 3. The van der Waals surface area contributed by atoms with E-state index in [4.69, 9.17) is 24.2 Å². The van der Waals surface area contributed by atoms with Crippen molar-refractivity contribution in [3.63, 3.8) is 0 Å². The van der Waals surface area contributed by atoms with Gasteiger partial charge in [-0.25, -0.2) is 14.8 Å². The van der Waals surface area contributed by atoms with Crippen molar-refractivity contribution in [2.75, 3.05) is 97.9 Å². The molecule has 2 aromatic heterocycles. The number of carboxylic acid groups (broad SMARTS) is 1. The Balaban J connectivity index is 0.000000195. The van der Waals surface area contributed by atoms with Gasteiger partial charge in [-0.15, -0.1) is 0 Å². The molecule has 4 aromatic rings. The van der Waals surface area contributed by atoms with Gasteiger partial charge in [0.15, 0.2) is 11.6 Å². The summed E-state index contributed by atoms with van der Waals surface area (Å²) in [4.78, 5) is 80.2. The number of hydrogen-bond donors (Lipinski definition) is 4. The zero-order valence-electron chi connectivity index (χ0n) is 45.5. The van der Waals surface area contributed by atoms with Crippen LogP contribution in [0.5, 0.6) is 11.5 Å². The van der Waals surface area contributed by atoms with Crippen LogP contribution in [-0.4, -0.2) is 146 Å². The first kappa shape index (κ1) is 54.0. The number of anilines is 8. The highest BCUT2D eigenvalue weighted by atomic mass is 16.5. The molecule has 3 aliphatic heterocycles. The fraction of sp³-hybridized carbons (Fsp3) is 0.571. The van der Waals surface area contributed by atoms with Gasteiger partial charge in [0.2, 0.25) is 23.7 Å². The minimum atomic E-state index is -1.03. The molecule has 0 unspecified atom stereocenters. The van der Waals surface area contributed by atoms with Crippen molar-refractivity contribution >= 4 is 70.0 Å². The highest BCUT2D eigenvalue weighted by Gasteiger charge is 2.43. The summed E-state index contributed by atoms with van der Waals surface area (Å²) in [6, 6.07) is 11.4. The second-order valence-corrected chi connectivity index (χ2v) is 22.4. The van der Waals surface area contributed by atoms with Crippen LogP contribution < -0.4 is 45.0 Å². The molecule has 3 amide bonds. The largest absolute Gasteiger partial charge is 0.495 e. The molecule has 3 aliphatic carbocycles. The Bertz CT molecular complexity index is 2770. The van der Waals surface area contributed by atoms with E-state index in [9.17, 15) is 24.3 Å². The standard InChI is InChI=1S/C33H47N7O4.C23H29N5O4/c1-33(2)21-40(25-7-5-6-8-25)29-27(38(3)31(33)42)20-34-32(37-29)36-26-14-9-22(19-28(26)43-4)30(41)35-23-10-12-24(13-11-23)39-15-17-44-18-16-39;1-23(2)13-28(15-7-5-6-8-15)19-17(27(3)21(23)31)12-24-22(26-19)25-16-10-9-14(20(29)30)11-18(16)32-4/h9,14,19-20,23-25H,5-8,10-13,15-18,21H2,1-4H3,(H,35,41)(H,34,36,37);9-12,15H,5-8,13H2,1-4H3,(H,29,30)(H,24,25,26)/t23-,24-;. The highest BCUT2D eigenvalue weighted by molar-refractivity contribution is 6.02. The minimum Gasteiger partial charge on any atom is -0.495 e. The number of rotatable bonds is 12. The Morgan fingerprint density at radius 3 is 1.54 bits per heavy atom. The van der Waals surface area contributed by atoms with Crippen LogP contribution in [-0.2, 0) is 14.3 Å². The number of aromatic carboxylic acids is 1. The Hall–Kier alpha value is -6.80. The Kier molecular flexibility index (Phi) is 16.2. The number of carboxylic acids is 1. The first-order valence-corrected chi connectivity index (χ1v) is 27.0. The summed E-state index contributed by atoms with van der Waals surface area (Å²) in [6.07, 6.45) is 16.6. The Morgan fingerprint density at radius 1 is 0.645 bits per heavy atom. The number of morpholine rings is 1. The van der Waals surface area contributed by atoms with Crippen molar-refractivity contribution in [1.29, 1.82) is 0 Å². The number of amides is 3. The number of fused-ring (bicyclic) bond motifs is 2. The monoisotopic (exact) mass is 1040 g/mol. The molecule has 0 bridgehead atoms. The van der Waals surface area contributed by atoms with Crippen molar-refractivity contribution in [2.45, 2.75) is 129 Å². The third-order valence-electron chi connectivity index (χ3n) is 16.2. The number of aromatic nitrogens is 4. The third kappa shape index (κ3) is 11.6. The van der Waals surface area contributed by atoms with Gasteiger partial charge in [-0.1, -0.05) is 25.7 Å². The SMILES string of the molecule is COc1cc(C(=O)N[C@H]2CC[C@H](N3CCOCC3)CC2)ccc1Nc1ncc2c(n1)N(C1CCCC1)CC(C)(C)C(=O)N2C.COc1cc(C(=O)O)ccc1Nc1ncc2c(n1)N(C1CCCC1)CC(C)(C)C(=O)N2C. The van der Waals surface area contributed by atoms with Crippen LogP contribution >= 0.6 is 0 Å². The van der Waals surface area contributed by atoms with E-state index in [0.717, 1.165) is 95.0 Å². The third-order valence-corrected chi connectivity index (χ3v) is 16.2. The molecule has 20 heteroatoms. The number of benzene rings is 2. The number of hydrogen-bond acceptors (Lipinski definition) is 16. The van der Waals surface area contributed by atoms with Crippen molar-refractivity contribution in [3.05, 3.63) is 59.9 Å². The molecule has 4 fully saturated rings. The van der Waals surface area contributed by atoms with Crippen LogP contribution in [0.1, 0.15) is 125 Å². The van der Waals surface area contributed by atoms with Crippen molar-refractivity contribution in [3.8, 4) is 11.5 Å². The van der Waals surface area contributed by atoms with Gasteiger partial charge in [0.1, 0.15) is 22.9 Å². The van der Waals surface area contributed by atoms with Crippen LogP contribution in [0.25, 0.3) is 0 Å². The van der Waals surface area contributed by atoms with Crippen LogP contribution in [0, 0.1) is 10.8 Å². The molecular weight excluding hydrogens is 969 g/mol. The molecule has 5 heterocycles. The molecule has 20 nitrogen and oxygen atoms in total. The molecule has 0 spiro atoms. The summed E-state index contributed by atoms with van der Waals surface area (Å²) in [5, 5.41) is 18.9. The number of nitrogens with one attached hydrogen (secondary N) is 3. The lowest BCUT2D eigenvalue weighted by Crippen LogP contribution is -2.47. The van der Waals surface area contributed by atoms with Gasteiger partial charge in [-0.05, 0) is 115 Å². The average molecular weight is 1050 g/mol. The fourth-order valence-electron chi connectivity index (χ4n) is 11.9. The number of carbonyl (C=O) groups is 4. The first-order valence-electron chi connectivity index (χ1n) is 27.0. The summed E-state index contributed by atoms with van der Waals surface area (Å²) in [7, 11) is 6.65. The first-order chi connectivity index (χ1) is 36.4. The molecule has 4 N–H and O–H groups in total. The van der Waals surface area contributed by atoms with Crippen LogP contribution in [0.4, 0.5) is 46.3 Å². The predicted molar refractivity (Wildman–Crippen MR) is 293 cm³/mol. The molecule has 3 saturated carbocycles. The number of methoxy groups -OCH3 is 2. The normalized spacial score (nSPS) is 21.9. The summed E-state index contributed by atoms with van der Waals surface area (Å²) < 4.78 is 16.6. The number of carbonyl (C=O) groups excluding carboxylic acids is 3. The van der Waals surface area contributed by atoms with E-state index in [1.807, 2.05) is 39.8 Å². The average Bonchev–Trinajstić information content (AvgIpc) is 4.16. The van der Waals surface area contributed by atoms with Crippen molar-refractivity contribution in [1.82, 2.24) is 30.2 Å². The summed E-state index contributed by atoms with van der Waals surface area (Å²) in [5.74, 6) is 2.17. The summed E-state index contributed by atoms with van der Waals surface area (Å²) >= 11 is 0. The zero-order chi connectivity index (χ0) is 53.9. The zero-order valence-corrected chi connectivity index (χ0v) is 45.5. The quantitative estimate of drug-likeness (QED) is 0.105. The van der Waals surface area contributed by atoms with Crippen LogP contribution in [0.2, 0.25) is 0 Å². The van der Waals surface area contributed by atoms with Gasteiger partial charge in [-0.3, -0.25) is 19.3 Å². The van der Waals surface area contributed by atoms with E-state index >= 15 is 0 Å². The van der Waals surface area contributed by atoms with E-state index in [1.54, 1.807) is 55.5 Å². The molecule has 0 radical (unpaired) electrons.